The Hall–Kier alpha value is -6.66. The van der Waals surface area contributed by atoms with Gasteiger partial charge < -0.3 is 18.4 Å². The van der Waals surface area contributed by atoms with E-state index in [4.69, 9.17) is 18.8 Å². The number of rotatable bonds is 6. The van der Waals surface area contributed by atoms with E-state index in [1.54, 1.807) is 0 Å². The second-order valence-corrected chi connectivity index (χ2v) is 20.3. The average molecular weight is 1070 g/mol. The molecule has 0 aliphatic rings. The zero-order valence-corrected chi connectivity index (χ0v) is 42.8. The summed E-state index contributed by atoms with van der Waals surface area (Å²) in [5.41, 5.74) is 15.5. The van der Waals surface area contributed by atoms with E-state index in [9.17, 15) is 0 Å². The molecular formula is C61H56IrN4O2-2. The fourth-order valence-corrected chi connectivity index (χ4v) is 9.07. The molecule has 0 unspecified atom stereocenters. The maximum absolute atomic E-state index is 6.85. The summed E-state index contributed by atoms with van der Waals surface area (Å²) >= 11 is 0. The Morgan fingerprint density at radius 2 is 1.31 bits per heavy atom. The Bertz CT molecular complexity index is 3570. The number of furan rings is 1. The number of benzene rings is 7. The first-order valence-corrected chi connectivity index (χ1v) is 23.4. The molecule has 0 N–H and O–H groups in total. The van der Waals surface area contributed by atoms with Gasteiger partial charge in [0.15, 0.2) is 5.58 Å². The standard InChI is InChI=1S/C46H40N3O2.C15H16N.Ir/c1-26(2)33-23-30(28-14-9-8-10-15-28)24-34(27(3)4)42(33)49-38-19-12-11-18-37(38)47-44(49)32-17-13-16-31-36-22-29-20-21-39-41(48-45(51-39)46(5,6)7)35(29)25-40(36)50-43(31)32;1-15(2,3)13-9-10-16-14(11-13)12-7-5-4-6-8-12;/h8-16,18-27H,1-7H3;4-7,9-11H,1-3H3;/q2*-1;. The van der Waals surface area contributed by atoms with Crippen molar-refractivity contribution in [2.75, 3.05) is 0 Å². The second-order valence-electron chi connectivity index (χ2n) is 20.3. The monoisotopic (exact) mass is 1070 g/mol. The molecule has 0 aliphatic heterocycles. The van der Waals surface area contributed by atoms with Crippen molar-refractivity contribution in [3.63, 3.8) is 0 Å². The Labute approximate surface area is 412 Å². The normalized spacial score (nSPS) is 12.1. The van der Waals surface area contributed by atoms with Gasteiger partial charge in [0.2, 0.25) is 5.89 Å². The molecule has 0 bridgehead atoms. The summed E-state index contributed by atoms with van der Waals surface area (Å²) < 4.78 is 15.4. The third kappa shape index (κ3) is 8.59. The van der Waals surface area contributed by atoms with Crippen LogP contribution >= 0.6 is 0 Å². The Morgan fingerprint density at radius 3 is 2.00 bits per heavy atom. The molecule has 7 aromatic carbocycles. The molecule has 4 heterocycles. The predicted molar refractivity (Wildman–Crippen MR) is 277 cm³/mol. The van der Waals surface area contributed by atoms with Crippen LogP contribution in [0.25, 0.3) is 94.3 Å². The Balaban J connectivity index is 0.000000289. The SMILES string of the molecule is CC(C)(C)c1ccnc(-c2[c-]cccc2)c1.CC(C)c1cc(-c2ccccc2)cc(C(C)C)c1-n1c(-c2[c-]ccc3c2oc2cc4c(ccc5oc(C(C)(C)C)nc54)cc23)nc2ccccc21.[Ir]. The van der Waals surface area contributed by atoms with Gasteiger partial charge in [-0.05, 0) is 105 Å². The predicted octanol–water partition coefficient (Wildman–Crippen LogP) is 16.7. The van der Waals surface area contributed by atoms with Gasteiger partial charge in [0.05, 0.1) is 22.4 Å². The van der Waals surface area contributed by atoms with Crippen LogP contribution in [0.5, 0.6) is 0 Å². The maximum Gasteiger partial charge on any atom is 0.200 e. The minimum absolute atomic E-state index is 0. The zero-order chi connectivity index (χ0) is 46.8. The molecule has 11 rings (SSSR count). The number of oxazole rings is 1. The number of aromatic nitrogens is 4. The van der Waals surface area contributed by atoms with Crippen molar-refractivity contribution in [1.82, 2.24) is 19.5 Å². The number of imidazole rings is 1. The quantitative estimate of drug-likeness (QED) is 0.155. The van der Waals surface area contributed by atoms with E-state index in [0.717, 1.165) is 83.4 Å². The van der Waals surface area contributed by atoms with Gasteiger partial charge in [-0.25, -0.2) is 4.98 Å². The Morgan fingerprint density at radius 1 is 0.588 bits per heavy atom. The van der Waals surface area contributed by atoms with Crippen molar-refractivity contribution in [3.8, 4) is 39.5 Å². The number of hydrogen-bond acceptors (Lipinski definition) is 5. The van der Waals surface area contributed by atoms with Crippen LogP contribution in [0.1, 0.15) is 104 Å². The largest absolute Gasteiger partial charge is 0.501 e. The molecule has 343 valence electrons. The van der Waals surface area contributed by atoms with E-state index in [-0.39, 0.29) is 42.8 Å². The van der Waals surface area contributed by atoms with Crippen LogP contribution in [0.15, 0.2) is 155 Å². The van der Waals surface area contributed by atoms with Crippen LogP contribution in [0.2, 0.25) is 0 Å². The third-order valence-electron chi connectivity index (χ3n) is 12.7. The van der Waals surface area contributed by atoms with Crippen molar-refractivity contribution in [2.24, 2.45) is 0 Å². The van der Waals surface area contributed by atoms with Crippen LogP contribution in [-0.4, -0.2) is 19.5 Å². The molecule has 1 radical (unpaired) electrons. The minimum Gasteiger partial charge on any atom is -0.501 e. The van der Waals surface area contributed by atoms with Crippen LogP contribution in [0, 0.1) is 12.1 Å². The van der Waals surface area contributed by atoms with E-state index < -0.39 is 0 Å². The molecule has 0 fully saturated rings. The minimum atomic E-state index is -0.197. The molecule has 68 heavy (non-hydrogen) atoms. The molecule has 0 amide bonds. The molecule has 4 aromatic heterocycles. The summed E-state index contributed by atoms with van der Waals surface area (Å²) in [6.07, 6.45) is 1.87. The van der Waals surface area contributed by atoms with E-state index in [0.29, 0.717) is 0 Å². The summed E-state index contributed by atoms with van der Waals surface area (Å²) in [6.45, 7) is 22.1. The fourth-order valence-electron chi connectivity index (χ4n) is 9.07. The van der Waals surface area contributed by atoms with Crippen molar-refractivity contribution in [3.05, 3.63) is 180 Å². The van der Waals surface area contributed by atoms with Gasteiger partial charge in [0.25, 0.3) is 0 Å². The van der Waals surface area contributed by atoms with Crippen molar-refractivity contribution < 1.29 is 28.9 Å². The van der Waals surface area contributed by atoms with Crippen LogP contribution in [0.3, 0.4) is 0 Å². The van der Waals surface area contributed by atoms with Gasteiger partial charge in [0.1, 0.15) is 11.1 Å². The van der Waals surface area contributed by atoms with E-state index in [1.807, 2.05) is 42.6 Å². The Kier molecular flexibility index (Phi) is 12.4. The van der Waals surface area contributed by atoms with Gasteiger partial charge in [-0.3, -0.25) is 4.98 Å². The summed E-state index contributed by atoms with van der Waals surface area (Å²) in [4.78, 5) is 14.7. The molecule has 0 aliphatic carbocycles. The van der Waals surface area contributed by atoms with E-state index in [1.165, 1.54) is 33.5 Å². The maximum atomic E-state index is 6.85. The first kappa shape index (κ1) is 46.4. The number of pyridine rings is 1. The van der Waals surface area contributed by atoms with E-state index >= 15 is 0 Å². The molecule has 7 heteroatoms. The first-order valence-electron chi connectivity index (χ1n) is 23.4. The number of fused-ring (bicyclic) bond motifs is 7. The molecule has 0 atom stereocenters. The molecule has 0 saturated heterocycles. The molecule has 11 aromatic rings. The zero-order valence-electron chi connectivity index (χ0n) is 40.4. The number of para-hydroxylation sites is 2. The summed E-state index contributed by atoms with van der Waals surface area (Å²) in [6, 6.07) is 55.3. The average Bonchev–Trinajstić information content (AvgIpc) is 4.05. The second kappa shape index (κ2) is 18.1. The molecular weight excluding hydrogens is 1010 g/mol. The van der Waals surface area contributed by atoms with Crippen LogP contribution < -0.4 is 0 Å². The number of hydrogen-bond donors (Lipinski definition) is 0. The smallest absolute Gasteiger partial charge is 0.200 e. The van der Waals surface area contributed by atoms with Crippen LogP contribution in [0.4, 0.5) is 0 Å². The fraction of sp³-hybridized carbons (Fsp3) is 0.230. The molecule has 6 nitrogen and oxygen atoms in total. The van der Waals surface area contributed by atoms with Gasteiger partial charge >= 0.3 is 0 Å². The van der Waals surface area contributed by atoms with Crippen molar-refractivity contribution in [2.45, 2.75) is 91.9 Å². The third-order valence-corrected chi connectivity index (χ3v) is 12.7. The van der Waals surface area contributed by atoms with E-state index in [2.05, 4.69) is 194 Å². The van der Waals surface area contributed by atoms with Crippen molar-refractivity contribution >= 4 is 54.8 Å². The topological polar surface area (TPSA) is 69.9 Å². The number of nitrogens with zero attached hydrogens (tertiary/aromatic N) is 4. The van der Waals surface area contributed by atoms with Gasteiger partial charge in [-0.1, -0.05) is 135 Å². The molecule has 0 saturated carbocycles. The molecule has 0 spiro atoms. The summed E-state index contributed by atoms with van der Waals surface area (Å²) in [5.74, 6) is 2.07. The van der Waals surface area contributed by atoms with Gasteiger partial charge in [0, 0.05) is 48.2 Å². The van der Waals surface area contributed by atoms with Gasteiger partial charge in [-0.15, -0.1) is 54.1 Å². The van der Waals surface area contributed by atoms with Crippen LogP contribution in [-0.2, 0) is 30.9 Å². The van der Waals surface area contributed by atoms with Crippen molar-refractivity contribution in [1.29, 1.82) is 0 Å². The first-order chi connectivity index (χ1) is 32.1. The van der Waals surface area contributed by atoms with Gasteiger partial charge in [-0.2, -0.15) is 0 Å². The summed E-state index contributed by atoms with van der Waals surface area (Å²) in [5, 5.41) is 4.18. The summed E-state index contributed by atoms with van der Waals surface area (Å²) in [7, 11) is 0.